The number of fused-ring (bicyclic) bond motifs is 1. The molecule has 1 heterocycles. The Morgan fingerprint density at radius 3 is 2.22 bits per heavy atom. The number of hydrogen-bond donors (Lipinski definition) is 3. The summed E-state index contributed by atoms with van der Waals surface area (Å²) in [6, 6.07) is 18.9. The van der Waals surface area contributed by atoms with Crippen LogP contribution in [0.15, 0.2) is 77.3 Å². The molecule has 3 N–H and O–H groups in total. The summed E-state index contributed by atoms with van der Waals surface area (Å²) in [7, 11) is 5.82. The number of carbonyl (C=O) groups excluding carboxylic acids is 4. The summed E-state index contributed by atoms with van der Waals surface area (Å²) in [6.07, 6.45) is 4.09. The first-order chi connectivity index (χ1) is 25.8. The number of nitrogens with one attached hydrogen (secondary N) is 3. The molecule has 1 atom stereocenters. The van der Waals surface area contributed by atoms with E-state index < -0.39 is 17.8 Å². The van der Waals surface area contributed by atoms with E-state index in [0.717, 1.165) is 34.6 Å². The minimum absolute atomic E-state index is 0.0376. The Kier molecular flexibility index (Phi) is 13.1. The second kappa shape index (κ2) is 17.7. The first kappa shape index (κ1) is 39.9. The number of carbonyl (C=O) groups is 4. The average Bonchev–Trinajstić information content (AvgIpc) is 3.53. The Labute approximate surface area is 323 Å². The van der Waals surface area contributed by atoms with Crippen molar-refractivity contribution in [2.24, 2.45) is 11.3 Å². The fourth-order valence-electron chi connectivity index (χ4n) is 6.20. The maximum atomic E-state index is 13.8. The third-order valence-corrected chi connectivity index (χ3v) is 11.3. The van der Waals surface area contributed by atoms with Crippen molar-refractivity contribution in [2.75, 3.05) is 44.8 Å². The summed E-state index contributed by atoms with van der Waals surface area (Å²) in [6.45, 7) is 6.69. The minimum Gasteiger partial charge on any atom is -0.493 e. The summed E-state index contributed by atoms with van der Waals surface area (Å²) < 4.78 is 21.5. The zero-order chi connectivity index (χ0) is 39.0. The van der Waals surface area contributed by atoms with Crippen LogP contribution in [0.5, 0.6) is 17.2 Å². The summed E-state index contributed by atoms with van der Waals surface area (Å²) in [5, 5.41) is 9.07. The lowest BCUT2D eigenvalue weighted by Crippen LogP contribution is -2.30. The lowest BCUT2D eigenvalue weighted by Gasteiger charge is -2.33. The van der Waals surface area contributed by atoms with Crippen molar-refractivity contribution in [3.05, 3.63) is 99.6 Å². The van der Waals surface area contributed by atoms with Crippen LogP contribution in [0.25, 0.3) is 6.08 Å². The molecular weight excluding hydrogens is 727 g/mol. The van der Waals surface area contributed by atoms with E-state index in [0.29, 0.717) is 50.5 Å². The standard InChI is InChI=1S/C41H45N3O8S2/c1-41(2,3)26-16-17-29-33(21-26)54-39(35(29)40(48)52-7)44-34(45)23-53-28-15-11-14-27(22-28)42-38(47)30(43-37(46)25-12-9-8-10-13-25)18-24-19-31(49-4)36(51-6)32(20-24)50-5/h8-15,18-20,22,26H,16-17,21,23H2,1-7H3,(H,42,47)(H,43,46)(H,44,45)/b30-18+. The molecule has 13 heteroatoms. The molecule has 3 amide bonds. The van der Waals surface area contributed by atoms with Crippen molar-refractivity contribution in [1.29, 1.82) is 0 Å². The van der Waals surface area contributed by atoms with Crippen LogP contribution < -0.4 is 30.2 Å². The molecule has 0 bridgehead atoms. The normalized spacial score (nSPS) is 14.0. The number of ether oxygens (including phenoxy) is 4. The highest BCUT2D eigenvalue weighted by Crippen LogP contribution is 2.45. The van der Waals surface area contributed by atoms with Crippen LogP contribution in [-0.4, -0.2) is 57.9 Å². The second-order valence-electron chi connectivity index (χ2n) is 13.7. The Balaban J connectivity index is 1.32. The average molecular weight is 772 g/mol. The van der Waals surface area contributed by atoms with E-state index >= 15 is 0 Å². The first-order valence-electron chi connectivity index (χ1n) is 17.3. The van der Waals surface area contributed by atoms with E-state index in [1.54, 1.807) is 60.7 Å². The van der Waals surface area contributed by atoms with Crippen molar-refractivity contribution < 1.29 is 38.1 Å². The zero-order valence-electron chi connectivity index (χ0n) is 31.4. The van der Waals surface area contributed by atoms with E-state index in [1.807, 2.05) is 6.07 Å². The fraction of sp³-hybridized carbons (Fsp3) is 0.317. The van der Waals surface area contributed by atoms with Crippen LogP contribution in [-0.2, 0) is 27.2 Å². The van der Waals surface area contributed by atoms with Gasteiger partial charge in [-0.25, -0.2) is 4.79 Å². The summed E-state index contributed by atoms with van der Waals surface area (Å²) in [5.41, 5.74) is 2.84. The Morgan fingerprint density at radius 1 is 0.889 bits per heavy atom. The highest BCUT2D eigenvalue weighted by atomic mass is 32.2. The van der Waals surface area contributed by atoms with Crippen LogP contribution in [0.1, 0.15) is 63.9 Å². The van der Waals surface area contributed by atoms with Crippen molar-refractivity contribution >= 4 is 63.6 Å². The molecule has 3 aromatic carbocycles. The van der Waals surface area contributed by atoms with Gasteiger partial charge in [0.05, 0.1) is 39.8 Å². The van der Waals surface area contributed by atoms with Gasteiger partial charge < -0.3 is 34.9 Å². The van der Waals surface area contributed by atoms with Gasteiger partial charge in [0.2, 0.25) is 11.7 Å². The number of thioether (sulfide) groups is 1. The Bertz CT molecular complexity index is 2030. The van der Waals surface area contributed by atoms with Gasteiger partial charge in [-0.15, -0.1) is 23.1 Å². The number of thiophene rings is 1. The van der Waals surface area contributed by atoms with E-state index in [-0.39, 0.29) is 22.8 Å². The van der Waals surface area contributed by atoms with Gasteiger partial charge in [-0.2, -0.15) is 0 Å². The first-order valence-corrected chi connectivity index (χ1v) is 19.1. The van der Waals surface area contributed by atoms with E-state index in [4.69, 9.17) is 18.9 Å². The highest BCUT2D eigenvalue weighted by molar-refractivity contribution is 8.00. The molecule has 0 saturated heterocycles. The largest absolute Gasteiger partial charge is 0.493 e. The van der Waals surface area contributed by atoms with Gasteiger partial charge >= 0.3 is 5.97 Å². The number of rotatable bonds is 13. The third-order valence-electron chi connectivity index (χ3n) is 9.12. The molecule has 1 aliphatic rings. The number of amides is 3. The van der Waals surface area contributed by atoms with Gasteiger partial charge in [-0.3, -0.25) is 14.4 Å². The molecule has 54 heavy (non-hydrogen) atoms. The van der Waals surface area contributed by atoms with Gasteiger partial charge in [0.1, 0.15) is 10.7 Å². The van der Waals surface area contributed by atoms with E-state index in [2.05, 4.69) is 36.7 Å². The molecule has 0 radical (unpaired) electrons. The van der Waals surface area contributed by atoms with Crippen LogP contribution in [0, 0.1) is 11.3 Å². The van der Waals surface area contributed by atoms with E-state index in [9.17, 15) is 19.2 Å². The van der Waals surface area contributed by atoms with E-state index in [1.165, 1.54) is 57.6 Å². The second-order valence-corrected chi connectivity index (χ2v) is 15.8. The number of methoxy groups -OCH3 is 4. The van der Waals surface area contributed by atoms with Gasteiger partial charge in [0.15, 0.2) is 11.5 Å². The minimum atomic E-state index is -0.585. The summed E-state index contributed by atoms with van der Waals surface area (Å²) in [5.74, 6) is -0.120. The lowest BCUT2D eigenvalue weighted by atomic mass is 9.72. The van der Waals surface area contributed by atoms with Gasteiger partial charge in [0, 0.05) is 21.0 Å². The molecule has 0 fully saturated rings. The molecule has 1 aromatic heterocycles. The Hall–Kier alpha value is -5.27. The summed E-state index contributed by atoms with van der Waals surface area (Å²) >= 11 is 2.73. The Morgan fingerprint density at radius 2 is 1.59 bits per heavy atom. The van der Waals surface area contributed by atoms with Gasteiger partial charge in [0.25, 0.3) is 11.8 Å². The van der Waals surface area contributed by atoms with Gasteiger partial charge in [-0.1, -0.05) is 45.0 Å². The molecule has 0 aliphatic heterocycles. The topological polar surface area (TPSA) is 141 Å². The van der Waals surface area contributed by atoms with Crippen LogP contribution in [0.4, 0.5) is 10.7 Å². The number of anilines is 2. The smallest absolute Gasteiger partial charge is 0.341 e. The van der Waals surface area contributed by atoms with Crippen molar-refractivity contribution in [2.45, 2.75) is 44.9 Å². The van der Waals surface area contributed by atoms with Crippen LogP contribution in [0.3, 0.4) is 0 Å². The molecule has 284 valence electrons. The lowest BCUT2D eigenvalue weighted by molar-refractivity contribution is -0.114. The monoisotopic (exact) mass is 771 g/mol. The third kappa shape index (κ3) is 9.63. The number of benzene rings is 3. The maximum absolute atomic E-state index is 13.8. The number of esters is 1. The summed E-state index contributed by atoms with van der Waals surface area (Å²) in [4.78, 5) is 54.9. The predicted molar refractivity (Wildman–Crippen MR) is 213 cm³/mol. The quantitative estimate of drug-likeness (QED) is 0.0704. The zero-order valence-corrected chi connectivity index (χ0v) is 33.0. The molecule has 11 nitrogen and oxygen atoms in total. The van der Waals surface area contributed by atoms with Crippen LogP contribution >= 0.6 is 23.1 Å². The predicted octanol–water partition coefficient (Wildman–Crippen LogP) is 7.85. The number of hydrogen-bond acceptors (Lipinski definition) is 10. The molecule has 1 unspecified atom stereocenters. The van der Waals surface area contributed by atoms with Crippen molar-refractivity contribution in [3.8, 4) is 17.2 Å². The van der Waals surface area contributed by atoms with Crippen molar-refractivity contribution in [1.82, 2.24) is 5.32 Å². The molecule has 0 spiro atoms. The van der Waals surface area contributed by atoms with Gasteiger partial charge in [-0.05, 0) is 90.3 Å². The molecule has 0 saturated carbocycles. The molecule has 4 aromatic rings. The molecule has 5 rings (SSSR count). The van der Waals surface area contributed by atoms with Crippen LogP contribution in [0.2, 0.25) is 0 Å². The molecule has 1 aliphatic carbocycles. The maximum Gasteiger partial charge on any atom is 0.341 e. The highest BCUT2D eigenvalue weighted by Gasteiger charge is 2.34. The SMILES string of the molecule is COC(=O)c1c(NC(=O)CSc2cccc(NC(=O)/C(=C\c3cc(OC)c(OC)c(OC)c3)NC(=O)c3ccccc3)c2)sc2c1CCC(C(C)(C)C)C2. The fourth-order valence-corrected chi connectivity index (χ4v) is 8.29. The molecular formula is C41H45N3O8S2. The van der Waals surface area contributed by atoms with Crippen molar-refractivity contribution in [3.63, 3.8) is 0 Å².